The molecule has 2 aromatic carbocycles. The van der Waals surface area contributed by atoms with Crippen LogP contribution in [0, 0.1) is 0 Å². The molecular weight excluding hydrogens is 491 g/mol. The van der Waals surface area contributed by atoms with Gasteiger partial charge in [0.05, 0.1) is 18.2 Å². The first kappa shape index (κ1) is 24.3. The maximum atomic E-state index is 13.3. The molecule has 0 aliphatic carbocycles. The standard InChI is InChI=1S/C27H24F3NO4S/c1-13-12-26(2,3)31-16-6-5-15-22(21(13)16)19(35-18-8-7-17(32)24(34-4)23(15)18)11-20-14(9-10-36-20)25(33)27(28,29)30/h5-12,25,31-33H,1-4H3/t25-/m1/s1. The van der Waals surface area contributed by atoms with Gasteiger partial charge in [-0.05, 0) is 62.1 Å². The molecular formula is C27H24F3NO4S. The lowest BCUT2D eigenvalue weighted by Crippen LogP contribution is -2.32. The van der Waals surface area contributed by atoms with Crippen molar-refractivity contribution in [2.24, 2.45) is 0 Å². The lowest BCUT2D eigenvalue weighted by atomic mass is 9.83. The highest BCUT2D eigenvalue weighted by atomic mass is 32.1. The first-order valence-electron chi connectivity index (χ1n) is 11.2. The number of phenols is 1. The van der Waals surface area contributed by atoms with Crippen LogP contribution in [0.3, 0.4) is 0 Å². The summed E-state index contributed by atoms with van der Waals surface area (Å²) in [5.41, 5.74) is 4.00. The Morgan fingerprint density at radius 2 is 1.86 bits per heavy atom. The van der Waals surface area contributed by atoms with Crippen molar-refractivity contribution < 1.29 is 32.9 Å². The third-order valence-corrected chi connectivity index (χ3v) is 7.15. The van der Waals surface area contributed by atoms with Crippen molar-refractivity contribution in [2.75, 3.05) is 12.4 Å². The van der Waals surface area contributed by atoms with Gasteiger partial charge in [0.15, 0.2) is 17.6 Å². The number of benzene rings is 2. The van der Waals surface area contributed by atoms with Crippen LogP contribution in [-0.4, -0.2) is 29.0 Å². The molecule has 3 heterocycles. The van der Waals surface area contributed by atoms with Crippen LogP contribution in [0.25, 0.3) is 28.5 Å². The number of anilines is 1. The van der Waals surface area contributed by atoms with Gasteiger partial charge in [-0.2, -0.15) is 13.2 Å². The van der Waals surface area contributed by atoms with Gasteiger partial charge in [-0.1, -0.05) is 12.1 Å². The molecule has 188 valence electrons. The van der Waals surface area contributed by atoms with Crippen LogP contribution < -0.4 is 14.8 Å². The normalized spacial score (nSPS) is 17.8. The fraction of sp³-hybridized carbons (Fsp3) is 0.259. The van der Waals surface area contributed by atoms with E-state index in [1.807, 2.05) is 32.9 Å². The van der Waals surface area contributed by atoms with Gasteiger partial charge >= 0.3 is 6.18 Å². The lowest BCUT2D eigenvalue weighted by Gasteiger charge is -2.35. The van der Waals surface area contributed by atoms with Crippen LogP contribution in [-0.2, 0) is 0 Å². The predicted molar refractivity (Wildman–Crippen MR) is 135 cm³/mol. The monoisotopic (exact) mass is 515 g/mol. The summed E-state index contributed by atoms with van der Waals surface area (Å²) in [4.78, 5) is 0.235. The average Bonchev–Trinajstić information content (AvgIpc) is 3.24. The quantitative estimate of drug-likeness (QED) is 0.344. The molecule has 0 saturated heterocycles. The van der Waals surface area contributed by atoms with Crippen LogP contribution in [0.4, 0.5) is 18.9 Å². The van der Waals surface area contributed by atoms with E-state index in [0.29, 0.717) is 28.2 Å². The number of phenolic OH excluding ortho intramolecular Hbond substituents is 1. The van der Waals surface area contributed by atoms with Crippen LogP contribution in [0.5, 0.6) is 17.2 Å². The zero-order valence-electron chi connectivity index (χ0n) is 19.9. The predicted octanol–water partition coefficient (Wildman–Crippen LogP) is 7.22. The molecule has 2 aliphatic rings. The smallest absolute Gasteiger partial charge is 0.418 e. The highest BCUT2D eigenvalue weighted by molar-refractivity contribution is 7.11. The summed E-state index contributed by atoms with van der Waals surface area (Å²) >= 11 is 1.08. The zero-order chi connectivity index (χ0) is 26.0. The van der Waals surface area contributed by atoms with E-state index in [2.05, 4.69) is 11.4 Å². The summed E-state index contributed by atoms with van der Waals surface area (Å²) in [5.74, 6) is 0.900. The molecule has 0 fully saturated rings. The van der Waals surface area contributed by atoms with Gasteiger partial charge in [0.2, 0.25) is 0 Å². The first-order valence-corrected chi connectivity index (χ1v) is 12.1. The van der Waals surface area contributed by atoms with Gasteiger partial charge in [-0.3, -0.25) is 0 Å². The van der Waals surface area contributed by atoms with Crippen LogP contribution in [0.2, 0.25) is 0 Å². The van der Waals surface area contributed by atoms with E-state index >= 15 is 0 Å². The second kappa shape index (κ2) is 8.31. The number of fused-ring (bicyclic) bond motifs is 5. The zero-order valence-corrected chi connectivity index (χ0v) is 20.8. The number of thiophene rings is 1. The minimum atomic E-state index is -4.80. The maximum absolute atomic E-state index is 13.3. The van der Waals surface area contributed by atoms with Crippen molar-refractivity contribution in [3.05, 3.63) is 63.4 Å². The fourth-order valence-electron chi connectivity index (χ4n) is 4.92. The van der Waals surface area contributed by atoms with Gasteiger partial charge in [0.25, 0.3) is 0 Å². The van der Waals surface area contributed by atoms with Gasteiger partial charge in [0.1, 0.15) is 11.5 Å². The Labute approximate surface area is 210 Å². The lowest BCUT2D eigenvalue weighted by molar-refractivity contribution is -0.206. The van der Waals surface area contributed by atoms with E-state index in [0.717, 1.165) is 28.2 Å². The highest BCUT2D eigenvalue weighted by Crippen LogP contribution is 2.54. The summed E-state index contributed by atoms with van der Waals surface area (Å²) in [7, 11) is 1.45. The highest BCUT2D eigenvalue weighted by Gasteiger charge is 2.41. The molecule has 1 aromatic heterocycles. The molecule has 0 radical (unpaired) electrons. The third kappa shape index (κ3) is 3.92. The molecule has 9 heteroatoms. The molecule has 3 aromatic rings. The van der Waals surface area contributed by atoms with E-state index in [4.69, 9.17) is 9.47 Å². The minimum absolute atomic E-state index is 0.0590. The van der Waals surface area contributed by atoms with Crippen molar-refractivity contribution in [1.29, 1.82) is 0 Å². The number of hydrogen-bond donors (Lipinski definition) is 3. The fourth-order valence-corrected chi connectivity index (χ4v) is 5.77. The number of rotatable bonds is 3. The molecule has 0 amide bonds. The molecule has 0 bridgehead atoms. The maximum Gasteiger partial charge on any atom is 0.418 e. The molecule has 0 saturated carbocycles. The molecule has 0 spiro atoms. The van der Waals surface area contributed by atoms with E-state index in [1.54, 1.807) is 6.07 Å². The second-order valence-electron chi connectivity index (χ2n) is 9.37. The number of alkyl halides is 3. The Morgan fingerprint density at radius 1 is 1.11 bits per heavy atom. The van der Waals surface area contributed by atoms with Crippen LogP contribution in [0.1, 0.15) is 48.4 Å². The number of ether oxygens (including phenoxy) is 2. The Hall–Kier alpha value is -3.43. The average molecular weight is 516 g/mol. The molecule has 2 aliphatic heterocycles. The summed E-state index contributed by atoms with van der Waals surface area (Å²) in [5, 5.41) is 25.4. The largest absolute Gasteiger partial charge is 0.504 e. The van der Waals surface area contributed by atoms with Crippen molar-refractivity contribution in [2.45, 2.75) is 38.6 Å². The number of aromatic hydroxyl groups is 1. The molecule has 36 heavy (non-hydrogen) atoms. The Bertz CT molecular complexity index is 1440. The van der Waals surface area contributed by atoms with Crippen molar-refractivity contribution >= 4 is 34.4 Å². The molecule has 3 N–H and O–H groups in total. The van der Waals surface area contributed by atoms with Crippen LogP contribution in [0.15, 0.2) is 41.8 Å². The number of hydrogen-bond acceptors (Lipinski definition) is 6. The van der Waals surface area contributed by atoms with E-state index in [-0.39, 0.29) is 27.5 Å². The van der Waals surface area contributed by atoms with Gasteiger partial charge in [0, 0.05) is 32.8 Å². The van der Waals surface area contributed by atoms with Crippen molar-refractivity contribution in [3.8, 4) is 28.4 Å². The Morgan fingerprint density at radius 3 is 2.56 bits per heavy atom. The molecule has 5 nitrogen and oxygen atoms in total. The SMILES string of the molecule is COc1c(O)ccc2c1-c1ccc3c(c1C(=Cc1sccc1[C@@H](O)C(F)(F)F)O2)C(C)=CC(C)(C)N3. The van der Waals surface area contributed by atoms with Crippen molar-refractivity contribution in [3.63, 3.8) is 0 Å². The summed E-state index contributed by atoms with van der Waals surface area (Å²) in [6.07, 6.45) is -3.81. The summed E-state index contributed by atoms with van der Waals surface area (Å²) in [6, 6.07) is 8.12. The first-order chi connectivity index (χ1) is 16.9. The van der Waals surface area contributed by atoms with E-state index < -0.39 is 12.3 Å². The Kier molecular flexibility index (Phi) is 5.61. The summed E-state index contributed by atoms with van der Waals surface area (Å²) in [6.45, 7) is 6.05. The molecule has 0 unspecified atom stereocenters. The van der Waals surface area contributed by atoms with Gasteiger partial charge in [-0.15, -0.1) is 11.3 Å². The van der Waals surface area contributed by atoms with Gasteiger partial charge in [-0.25, -0.2) is 0 Å². The number of aliphatic hydroxyl groups excluding tert-OH is 1. The van der Waals surface area contributed by atoms with E-state index in [9.17, 15) is 23.4 Å². The number of halogens is 3. The number of allylic oxidation sites excluding steroid dienone is 1. The second-order valence-corrected chi connectivity index (χ2v) is 10.3. The van der Waals surface area contributed by atoms with E-state index in [1.165, 1.54) is 30.7 Å². The topological polar surface area (TPSA) is 71.0 Å². The number of methoxy groups -OCH3 is 1. The molecule has 5 rings (SSSR count). The number of nitrogens with one attached hydrogen (secondary N) is 1. The van der Waals surface area contributed by atoms with Crippen LogP contribution >= 0.6 is 11.3 Å². The molecule has 1 atom stereocenters. The summed E-state index contributed by atoms with van der Waals surface area (Å²) < 4.78 is 51.8. The Balaban J connectivity index is 1.79. The van der Waals surface area contributed by atoms with Crippen molar-refractivity contribution in [1.82, 2.24) is 0 Å². The van der Waals surface area contributed by atoms with Gasteiger partial charge < -0.3 is 25.0 Å². The minimum Gasteiger partial charge on any atom is -0.504 e. The number of aliphatic hydroxyl groups is 1. The third-order valence-electron chi connectivity index (χ3n) is 6.27.